The maximum Gasteiger partial charge on any atom is 0.0951 e. The molecule has 1 aliphatic carbocycles. The smallest absolute Gasteiger partial charge is 0.0951 e. The Kier molecular flexibility index (Phi) is 3.12. The van der Waals surface area contributed by atoms with Gasteiger partial charge in [0, 0.05) is 3.92 Å². The summed E-state index contributed by atoms with van der Waals surface area (Å²) in [6, 6.07) is 8.62. The number of benzene rings is 1. The van der Waals surface area contributed by atoms with Gasteiger partial charge < -0.3 is 4.74 Å². The molecule has 0 fully saturated rings. The van der Waals surface area contributed by atoms with Gasteiger partial charge in [-0.2, -0.15) is 0 Å². The number of hydrogen-bond acceptors (Lipinski definition) is 1. The van der Waals surface area contributed by atoms with Crippen molar-refractivity contribution in [3.05, 3.63) is 35.4 Å². The monoisotopic (exact) mass is 302 g/mol. The molecule has 0 saturated carbocycles. The lowest BCUT2D eigenvalue weighted by molar-refractivity contribution is 0.0136. The van der Waals surface area contributed by atoms with Gasteiger partial charge in [-0.1, -0.05) is 46.9 Å². The summed E-state index contributed by atoms with van der Waals surface area (Å²) in [4.78, 5) is 0. The van der Waals surface area contributed by atoms with Crippen LogP contribution in [0.5, 0.6) is 0 Å². The average Bonchev–Trinajstić information content (AvgIpc) is 2.43. The van der Waals surface area contributed by atoms with E-state index in [-0.39, 0.29) is 0 Å². The van der Waals surface area contributed by atoms with Gasteiger partial charge in [-0.25, -0.2) is 0 Å². The normalized spacial score (nSPS) is 25.4. The van der Waals surface area contributed by atoms with Crippen LogP contribution in [0.25, 0.3) is 0 Å². The van der Waals surface area contributed by atoms with Gasteiger partial charge in [0.15, 0.2) is 0 Å². The fourth-order valence-electron chi connectivity index (χ4n) is 1.96. The van der Waals surface area contributed by atoms with Crippen molar-refractivity contribution in [3.8, 4) is 0 Å². The molecule has 0 N–H and O–H groups in total. The zero-order valence-electron chi connectivity index (χ0n) is 8.53. The highest BCUT2D eigenvalue weighted by atomic mass is 127. The fraction of sp³-hybridized carbons (Fsp3) is 0.500. The van der Waals surface area contributed by atoms with Crippen molar-refractivity contribution in [2.75, 3.05) is 0 Å². The molecule has 1 aliphatic rings. The molecule has 0 saturated heterocycles. The Labute approximate surface area is 99.0 Å². The molecule has 76 valence electrons. The molecule has 0 unspecified atom stereocenters. The second-order valence-corrected chi connectivity index (χ2v) is 5.62. The molecule has 2 heteroatoms. The molecule has 0 spiro atoms. The highest BCUT2D eigenvalue weighted by Crippen LogP contribution is 2.39. The maximum absolute atomic E-state index is 5.94. The van der Waals surface area contributed by atoms with Gasteiger partial charge in [-0.15, -0.1) is 0 Å². The Morgan fingerprint density at radius 3 is 2.79 bits per heavy atom. The SMILES string of the molecule is CC(C)O[C@@H]1c2ccccc2C[C@H]1I. The van der Waals surface area contributed by atoms with Crippen molar-refractivity contribution in [3.63, 3.8) is 0 Å². The molecule has 1 nitrogen and oxygen atoms in total. The summed E-state index contributed by atoms with van der Waals surface area (Å²) < 4.78 is 6.53. The predicted octanol–water partition coefficient (Wildman–Crippen LogP) is 3.51. The maximum atomic E-state index is 5.94. The molecular weight excluding hydrogens is 287 g/mol. The molecule has 0 amide bonds. The summed E-state index contributed by atoms with van der Waals surface area (Å²) in [6.45, 7) is 4.20. The number of ether oxygens (including phenoxy) is 1. The standard InChI is InChI=1S/C12H15IO/c1-8(2)14-12-10-6-4-3-5-9(10)7-11(12)13/h3-6,8,11-12H,7H2,1-2H3/t11-,12-/m1/s1. The van der Waals surface area contributed by atoms with Gasteiger partial charge in [-0.3, -0.25) is 0 Å². The summed E-state index contributed by atoms with van der Waals surface area (Å²) in [5.41, 5.74) is 2.85. The predicted molar refractivity (Wildman–Crippen MR) is 66.9 cm³/mol. The molecule has 1 aromatic carbocycles. The van der Waals surface area contributed by atoms with E-state index < -0.39 is 0 Å². The summed E-state index contributed by atoms with van der Waals surface area (Å²) in [6.07, 6.45) is 1.75. The molecule has 0 aliphatic heterocycles. The molecular formula is C12H15IO. The topological polar surface area (TPSA) is 9.23 Å². The third kappa shape index (κ3) is 1.96. The highest BCUT2D eigenvalue weighted by molar-refractivity contribution is 14.1. The molecule has 0 heterocycles. The van der Waals surface area contributed by atoms with Crippen molar-refractivity contribution in [1.29, 1.82) is 0 Å². The van der Waals surface area contributed by atoms with Gasteiger partial charge in [0.25, 0.3) is 0 Å². The zero-order chi connectivity index (χ0) is 10.1. The number of fused-ring (bicyclic) bond motifs is 1. The largest absolute Gasteiger partial charge is 0.370 e. The van der Waals surface area contributed by atoms with Crippen molar-refractivity contribution < 1.29 is 4.74 Å². The van der Waals surface area contributed by atoms with Gasteiger partial charge in [0.2, 0.25) is 0 Å². The minimum Gasteiger partial charge on any atom is -0.370 e. The number of alkyl halides is 1. The van der Waals surface area contributed by atoms with Crippen LogP contribution in [0.2, 0.25) is 0 Å². The van der Waals surface area contributed by atoms with Crippen molar-refractivity contribution in [1.82, 2.24) is 0 Å². The first-order valence-corrected chi connectivity index (χ1v) is 6.30. The Hall–Kier alpha value is -0.0900. The third-order valence-electron chi connectivity index (χ3n) is 2.52. The van der Waals surface area contributed by atoms with E-state index >= 15 is 0 Å². The van der Waals surface area contributed by atoms with E-state index in [4.69, 9.17) is 4.74 Å². The summed E-state index contributed by atoms with van der Waals surface area (Å²) in [5, 5.41) is 0. The number of rotatable bonds is 2. The van der Waals surface area contributed by atoms with Crippen molar-refractivity contribution in [2.24, 2.45) is 0 Å². The summed E-state index contributed by atoms with van der Waals surface area (Å²) in [7, 11) is 0. The van der Waals surface area contributed by atoms with E-state index in [2.05, 4.69) is 60.7 Å². The van der Waals surface area contributed by atoms with Crippen LogP contribution in [0, 0.1) is 0 Å². The van der Waals surface area contributed by atoms with Gasteiger partial charge in [0.05, 0.1) is 12.2 Å². The van der Waals surface area contributed by atoms with E-state index in [1.165, 1.54) is 11.1 Å². The van der Waals surface area contributed by atoms with Crippen molar-refractivity contribution >= 4 is 22.6 Å². The molecule has 1 aromatic rings. The molecule has 2 rings (SSSR count). The third-order valence-corrected chi connectivity index (χ3v) is 3.62. The van der Waals surface area contributed by atoms with E-state index in [1.54, 1.807) is 0 Å². The number of halogens is 1. The molecule has 2 atom stereocenters. The van der Waals surface area contributed by atoms with Crippen LogP contribution >= 0.6 is 22.6 Å². The number of hydrogen-bond donors (Lipinski definition) is 0. The Morgan fingerprint density at radius 2 is 2.07 bits per heavy atom. The van der Waals surface area contributed by atoms with Gasteiger partial charge in [-0.05, 0) is 31.4 Å². The van der Waals surface area contributed by atoms with E-state index in [9.17, 15) is 0 Å². The summed E-state index contributed by atoms with van der Waals surface area (Å²) >= 11 is 2.50. The molecule has 0 aromatic heterocycles. The quantitative estimate of drug-likeness (QED) is 0.600. The minimum atomic E-state index is 0.298. The zero-order valence-corrected chi connectivity index (χ0v) is 10.7. The molecule has 14 heavy (non-hydrogen) atoms. The van der Waals surface area contributed by atoms with Crippen LogP contribution in [0.1, 0.15) is 31.1 Å². The molecule has 0 bridgehead atoms. The molecule has 0 radical (unpaired) electrons. The Bertz CT molecular complexity index is 322. The minimum absolute atomic E-state index is 0.298. The lowest BCUT2D eigenvalue weighted by Gasteiger charge is -2.19. The van der Waals surface area contributed by atoms with Gasteiger partial charge >= 0.3 is 0 Å². The fourth-order valence-corrected chi connectivity index (χ4v) is 2.99. The van der Waals surface area contributed by atoms with Gasteiger partial charge in [0.1, 0.15) is 0 Å². The van der Waals surface area contributed by atoms with E-state index in [1.807, 2.05) is 0 Å². The second kappa shape index (κ2) is 4.19. The van der Waals surface area contributed by atoms with Crippen molar-refractivity contribution in [2.45, 2.75) is 36.4 Å². The average molecular weight is 302 g/mol. The highest BCUT2D eigenvalue weighted by Gasteiger charge is 2.31. The van der Waals surface area contributed by atoms with Crippen LogP contribution in [0.15, 0.2) is 24.3 Å². The van der Waals surface area contributed by atoms with Crippen LogP contribution in [-0.2, 0) is 11.2 Å². The van der Waals surface area contributed by atoms with E-state index in [0.717, 1.165) is 6.42 Å². The lowest BCUT2D eigenvalue weighted by atomic mass is 10.1. The van der Waals surface area contributed by atoms with Crippen LogP contribution < -0.4 is 0 Å². The van der Waals surface area contributed by atoms with Crippen LogP contribution in [-0.4, -0.2) is 10.0 Å². The Morgan fingerprint density at radius 1 is 1.36 bits per heavy atom. The summed E-state index contributed by atoms with van der Waals surface area (Å²) in [5.74, 6) is 0. The second-order valence-electron chi connectivity index (χ2n) is 4.02. The van der Waals surface area contributed by atoms with E-state index in [0.29, 0.717) is 16.1 Å². The van der Waals surface area contributed by atoms with Crippen LogP contribution in [0.4, 0.5) is 0 Å². The lowest BCUT2D eigenvalue weighted by Crippen LogP contribution is -2.15. The first kappa shape index (κ1) is 10.4. The first-order chi connectivity index (χ1) is 6.68. The first-order valence-electron chi connectivity index (χ1n) is 5.06. The van der Waals surface area contributed by atoms with Crippen LogP contribution in [0.3, 0.4) is 0 Å². The Balaban J connectivity index is 2.25.